The van der Waals surface area contributed by atoms with Gasteiger partial charge in [0.1, 0.15) is 11.1 Å². The summed E-state index contributed by atoms with van der Waals surface area (Å²) in [5.74, 6) is 1.40. The number of hydrogen-bond donors (Lipinski definition) is 1. The monoisotopic (exact) mass is 491 g/mol. The summed E-state index contributed by atoms with van der Waals surface area (Å²) in [6.07, 6.45) is 2.97. The second kappa shape index (κ2) is 9.51. The summed E-state index contributed by atoms with van der Waals surface area (Å²) >= 11 is 4.49. The number of anilines is 1. The Kier molecular flexibility index (Phi) is 6.31. The van der Waals surface area contributed by atoms with Crippen molar-refractivity contribution in [3.8, 4) is 22.5 Å². The fourth-order valence-corrected chi connectivity index (χ4v) is 6.82. The highest BCUT2D eigenvalue weighted by atomic mass is 32.2. The normalized spacial score (nSPS) is 15.1. The van der Waals surface area contributed by atoms with E-state index in [0.717, 1.165) is 41.2 Å². The molecule has 33 heavy (non-hydrogen) atoms. The number of hydrogen-bond acceptors (Lipinski definition) is 7. The molecule has 0 saturated heterocycles. The minimum atomic E-state index is -0.150. The van der Waals surface area contributed by atoms with Crippen LogP contribution >= 0.6 is 34.4 Å². The summed E-state index contributed by atoms with van der Waals surface area (Å²) in [7, 11) is 0. The number of amides is 1. The first-order valence-corrected chi connectivity index (χ1v) is 13.3. The lowest BCUT2D eigenvalue weighted by molar-refractivity contribution is -0.113. The number of benzene rings is 1. The van der Waals surface area contributed by atoms with Crippen molar-refractivity contribution >= 4 is 45.3 Å². The van der Waals surface area contributed by atoms with Crippen LogP contribution in [-0.4, -0.2) is 26.4 Å². The standard InChI is InChI=1S/C24H21N5OS3/c1-15-9-10-17-18(13-25)23(33-20(17)12-15)26-21(30)14-32-24-28-27-22(19-8-5-11-31-19)29(24)16-6-3-2-4-7-16/h2-8,11,15H,9-10,12,14H2,1H3,(H,26,30)/t15-/m1/s1. The van der Waals surface area contributed by atoms with E-state index in [9.17, 15) is 10.1 Å². The summed E-state index contributed by atoms with van der Waals surface area (Å²) in [4.78, 5) is 15.1. The molecule has 1 N–H and O–H groups in total. The Hall–Kier alpha value is -2.93. The molecule has 9 heteroatoms. The molecule has 0 unspecified atom stereocenters. The summed E-state index contributed by atoms with van der Waals surface area (Å²) in [6.45, 7) is 2.23. The first kappa shape index (κ1) is 21.9. The van der Waals surface area contributed by atoms with Crippen LogP contribution in [0, 0.1) is 17.2 Å². The smallest absolute Gasteiger partial charge is 0.235 e. The Morgan fingerprint density at radius 1 is 1.27 bits per heavy atom. The lowest BCUT2D eigenvalue weighted by Crippen LogP contribution is -2.14. The van der Waals surface area contributed by atoms with Gasteiger partial charge in [0.15, 0.2) is 11.0 Å². The number of fused-ring (bicyclic) bond motifs is 1. The number of rotatable bonds is 6. The largest absolute Gasteiger partial charge is 0.316 e. The second-order valence-corrected chi connectivity index (χ2v) is 11.0. The maximum Gasteiger partial charge on any atom is 0.235 e. The molecule has 1 amide bonds. The molecule has 1 aliphatic rings. The number of nitrogens with one attached hydrogen (secondary N) is 1. The van der Waals surface area contributed by atoms with Crippen molar-refractivity contribution in [1.82, 2.24) is 14.8 Å². The van der Waals surface area contributed by atoms with Gasteiger partial charge >= 0.3 is 0 Å². The van der Waals surface area contributed by atoms with Gasteiger partial charge in [-0.3, -0.25) is 9.36 Å². The van der Waals surface area contributed by atoms with Crippen LogP contribution < -0.4 is 5.32 Å². The highest BCUT2D eigenvalue weighted by Crippen LogP contribution is 2.39. The Morgan fingerprint density at radius 2 is 2.12 bits per heavy atom. The van der Waals surface area contributed by atoms with Gasteiger partial charge in [0.2, 0.25) is 5.91 Å². The molecule has 1 aliphatic carbocycles. The van der Waals surface area contributed by atoms with Crippen LogP contribution in [0.15, 0.2) is 53.0 Å². The molecule has 0 spiro atoms. The van der Waals surface area contributed by atoms with Gasteiger partial charge in [-0.2, -0.15) is 5.26 Å². The third kappa shape index (κ3) is 4.47. The molecule has 0 aliphatic heterocycles. The molecule has 3 aromatic heterocycles. The van der Waals surface area contributed by atoms with E-state index in [1.165, 1.54) is 16.6 Å². The number of carbonyl (C=O) groups excluding carboxylic acids is 1. The van der Waals surface area contributed by atoms with E-state index in [4.69, 9.17) is 0 Å². The lowest BCUT2D eigenvalue weighted by Gasteiger charge is -2.17. The van der Waals surface area contributed by atoms with E-state index in [1.807, 2.05) is 52.4 Å². The van der Waals surface area contributed by atoms with E-state index < -0.39 is 0 Å². The lowest BCUT2D eigenvalue weighted by atomic mass is 9.89. The van der Waals surface area contributed by atoms with Gasteiger partial charge in [-0.15, -0.1) is 32.9 Å². The van der Waals surface area contributed by atoms with Gasteiger partial charge in [0, 0.05) is 10.6 Å². The average Bonchev–Trinajstić information content (AvgIpc) is 3.56. The first-order chi connectivity index (χ1) is 16.1. The number of carbonyl (C=O) groups is 1. The maximum atomic E-state index is 12.8. The Balaban J connectivity index is 1.35. The predicted octanol–water partition coefficient (Wildman–Crippen LogP) is 5.78. The second-order valence-electron chi connectivity index (χ2n) is 7.96. The predicted molar refractivity (Wildman–Crippen MR) is 134 cm³/mol. The van der Waals surface area contributed by atoms with Crippen molar-refractivity contribution in [2.45, 2.75) is 31.3 Å². The molecule has 3 heterocycles. The summed E-state index contributed by atoms with van der Waals surface area (Å²) < 4.78 is 1.98. The van der Waals surface area contributed by atoms with Gasteiger partial charge in [0.25, 0.3) is 0 Å². The molecule has 166 valence electrons. The van der Waals surface area contributed by atoms with Gasteiger partial charge in [-0.05, 0) is 54.3 Å². The number of nitriles is 1. The number of thioether (sulfide) groups is 1. The molecule has 1 aromatic carbocycles. The summed E-state index contributed by atoms with van der Waals surface area (Å²) in [5.41, 5.74) is 2.70. The SMILES string of the molecule is C[C@@H]1CCc2c(sc(NC(=O)CSc3nnc(-c4cccs4)n3-c3ccccc3)c2C#N)C1. The fraction of sp³-hybridized carbons (Fsp3) is 0.250. The van der Waals surface area contributed by atoms with E-state index in [2.05, 4.69) is 28.5 Å². The third-order valence-electron chi connectivity index (χ3n) is 5.60. The van der Waals surface area contributed by atoms with Crippen molar-refractivity contribution in [3.05, 3.63) is 63.8 Å². The van der Waals surface area contributed by atoms with Crippen molar-refractivity contribution in [2.24, 2.45) is 5.92 Å². The minimum Gasteiger partial charge on any atom is -0.316 e. The Labute approximate surface area is 204 Å². The van der Waals surface area contributed by atoms with Crippen LogP contribution in [0.3, 0.4) is 0 Å². The van der Waals surface area contributed by atoms with Gasteiger partial charge in [-0.25, -0.2) is 0 Å². The van der Waals surface area contributed by atoms with E-state index in [-0.39, 0.29) is 11.7 Å². The molecule has 0 radical (unpaired) electrons. The third-order valence-corrected chi connectivity index (χ3v) is 8.56. The molecule has 0 bridgehead atoms. The molecule has 6 nitrogen and oxygen atoms in total. The van der Waals surface area contributed by atoms with E-state index in [1.54, 1.807) is 22.7 Å². The van der Waals surface area contributed by atoms with Crippen LogP contribution in [0.5, 0.6) is 0 Å². The average molecular weight is 492 g/mol. The zero-order chi connectivity index (χ0) is 22.8. The van der Waals surface area contributed by atoms with Crippen LogP contribution in [0.2, 0.25) is 0 Å². The fourth-order valence-electron chi connectivity index (χ4n) is 3.99. The van der Waals surface area contributed by atoms with E-state index in [0.29, 0.717) is 21.6 Å². The number of nitrogens with zero attached hydrogens (tertiary/aromatic N) is 4. The summed E-state index contributed by atoms with van der Waals surface area (Å²) in [6, 6.07) is 16.2. The van der Waals surface area contributed by atoms with Crippen molar-refractivity contribution in [2.75, 3.05) is 11.1 Å². The Bertz CT molecular complexity index is 1320. The van der Waals surface area contributed by atoms with Crippen LogP contribution in [0.25, 0.3) is 16.4 Å². The van der Waals surface area contributed by atoms with Crippen molar-refractivity contribution < 1.29 is 4.79 Å². The van der Waals surface area contributed by atoms with Gasteiger partial charge in [-0.1, -0.05) is 43.0 Å². The highest BCUT2D eigenvalue weighted by Gasteiger charge is 2.25. The molecule has 1 atom stereocenters. The molecule has 0 saturated carbocycles. The molecule has 5 rings (SSSR count). The molecule has 0 fully saturated rings. The quantitative estimate of drug-likeness (QED) is 0.345. The number of thiophene rings is 2. The topological polar surface area (TPSA) is 83.6 Å². The highest BCUT2D eigenvalue weighted by molar-refractivity contribution is 7.99. The van der Waals surface area contributed by atoms with Gasteiger partial charge in [0.05, 0.1) is 16.2 Å². The number of aromatic nitrogens is 3. The van der Waals surface area contributed by atoms with Crippen molar-refractivity contribution in [3.63, 3.8) is 0 Å². The van der Waals surface area contributed by atoms with Crippen LogP contribution in [0.1, 0.15) is 29.3 Å². The first-order valence-electron chi connectivity index (χ1n) is 10.7. The Morgan fingerprint density at radius 3 is 2.88 bits per heavy atom. The maximum absolute atomic E-state index is 12.8. The molecular weight excluding hydrogens is 470 g/mol. The zero-order valence-electron chi connectivity index (χ0n) is 17.9. The minimum absolute atomic E-state index is 0.150. The number of para-hydroxylation sites is 1. The molecular formula is C24H21N5OS3. The summed E-state index contributed by atoms with van der Waals surface area (Å²) in [5, 5.41) is 24.8. The van der Waals surface area contributed by atoms with Gasteiger partial charge < -0.3 is 5.32 Å². The zero-order valence-corrected chi connectivity index (χ0v) is 20.4. The van der Waals surface area contributed by atoms with Crippen molar-refractivity contribution in [1.29, 1.82) is 5.26 Å². The van der Waals surface area contributed by atoms with Crippen LogP contribution in [0.4, 0.5) is 5.00 Å². The van der Waals surface area contributed by atoms with Crippen LogP contribution in [-0.2, 0) is 17.6 Å². The van der Waals surface area contributed by atoms with E-state index >= 15 is 0 Å². The molecule has 4 aromatic rings.